The minimum absolute atomic E-state index is 0.348. The van der Waals surface area contributed by atoms with Crippen LogP contribution >= 0.6 is 0 Å². The van der Waals surface area contributed by atoms with Gasteiger partial charge in [-0.05, 0) is 39.5 Å². The Morgan fingerprint density at radius 2 is 2.08 bits per heavy atom. The van der Waals surface area contributed by atoms with Crippen LogP contribution in [0.3, 0.4) is 0 Å². The molecule has 2 N–H and O–H groups in total. The van der Waals surface area contributed by atoms with Gasteiger partial charge in [0.05, 0.1) is 6.33 Å². The minimum atomic E-state index is -0.463. The molecule has 0 spiro atoms. The lowest BCUT2D eigenvalue weighted by Crippen LogP contribution is -2.40. The first-order valence-corrected chi connectivity index (χ1v) is 8.28. The number of nitrogens with one attached hydrogen (secondary N) is 2. The number of alkyl carbamates (subject to hydrolysis) is 1. The Balaban J connectivity index is 1.51. The van der Waals surface area contributed by atoms with Gasteiger partial charge >= 0.3 is 6.09 Å². The lowest BCUT2D eigenvalue weighted by molar-refractivity contribution is 0.0517. The van der Waals surface area contributed by atoms with Gasteiger partial charge in [-0.25, -0.2) is 19.7 Å². The second kappa shape index (κ2) is 6.62. The number of aromatic amines is 1. The van der Waals surface area contributed by atoms with Crippen molar-refractivity contribution in [2.45, 2.75) is 39.2 Å². The van der Waals surface area contributed by atoms with Crippen LogP contribution in [0.5, 0.6) is 0 Å². The molecular weight excluding hydrogens is 308 g/mol. The topological polar surface area (TPSA) is 96.0 Å². The lowest BCUT2D eigenvalue weighted by Gasteiger charge is -2.32. The molecule has 1 fully saturated rings. The van der Waals surface area contributed by atoms with Crippen LogP contribution in [0.2, 0.25) is 0 Å². The second-order valence-electron chi connectivity index (χ2n) is 7.11. The van der Waals surface area contributed by atoms with E-state index >= 15 is 0 Å². The van der Waals surface area contributed by atoms with Crippen LogP contribution < -0.4 is 10.2 Å². The predicted octanol–water partition coefficient (Wildman–Crippen LogP) is 2.09. The van der Waals surface area contributed by atoms with Crippen molar-refractivity contribution in [3.63, 3.8) is 0 Å². The highest BCUT2D eigenvalue weighted by Crippen LogP contribution is 2.25. The Kier molecular flexibility index (Phi) is 4.55. The normalized spacial score (nSPS) is 16.4. The summed E-state index contributed by atoms with van der Waals surface area (Å²) in [5.74, 6) is 1.32. The average molecular weight is 332 g/mol. The van der Waals surface area contributed by atoms with Gasteiger partial charge in [-0.3, -0.25) is 0 Å². The van der Waals surface area contributed by atoms with Crippen LogP contribution in [0.4, 0.5) is 10.6 Å². The zero-order valence-electron chi connectivity index (χ0n) is 14.4. The summed E-state index contributed by atoms with van der Waals surface area (Å²) >= 11 is 0. The largest absolute Gasteiger partial charge is 0.444 e. The number of hydrogen-bond donors (Lipinski definition) is 2. The van der Waals surface area contributed by atoms with Gasteiger partial charge < -0.3 is 19.9 Å². The van der Waals surface area contributed by atoms with Gasteiger partial charge in [0.1, 0.15) is 17.4 Å². The summed E-state index contributed by atoms with van der Waals surface area (Å²) in [5, 5.41) is 2.87. The van der Waals surface area contributed by atoms with Crippen molar-refractivity contribution in [2.75, 3.05) is 24.5 Å². The third-order valence-corrected chi connectivity index (χ3v) is 4.05. The molecule has 0 radical (unpaired) electrons. The molecule has 130 valence electrons. The Hall–Kier alpha value is -2.38. The first-order chi connectivity index (χ1) is 11.4. The van der Waals surface area contributed by atoms with Crippen molar-refractivity contribution in [2.24, 2.45) is 5.92 Å². The third-order valence-electron chi connectivity index (χ3n) is 4.05. The number of ether oxygens (including phenoxy) is 1. The van der Waals surface area contributed by atoms with Crippen molar-refractivity contribution < 1.29 is 9.53 Å². The van der Waals surface area contributed by atoms with E-state index in [1.807, 2.05) is 20.8 Å². The van der Waals surface area contributed by atoms with Gasteiger partial charge in [-0.15, -0.1) is 0 Å². The van der Waals surface area contributed by atoms with E-state index < -0.39 is 5.60 Å². The summed E-state index contributed by atoms with van der Waals surface area (Å²) in [6.07, 6.45) is 4.84. The van der Waals surface area contributed by atoms with Gasteiger partial charge in [0.2, 0.25) is 0 Å². The number of imidazole rings is 1. The number of H-pyrrole nitrogens is 1. The van der Waals surface area contributed by atoms with Crippen LogP contribution in [0.25, 0.3) is 11.2 Å². The van der Waals surface area contributed by atoms with Crippen molar-refractivity contribution in [1.29, 1.82) is 0 Å². The van der Waals surface area contributed by atoms with Crippen molar-refractivity contribution in [3.8, 4) is 0 Å². The Bertz CT molecular complexity index is 700. The number of piperidine rings is 1. The summed E-state index contributed by atoms with van der Waals surface area (Å²) in [6, 6.07) is 0. The van der Waals surface area contributed by atoms with Crippen LogP contribution in [0.15, 0.2) is 12.7 Å². The summed E-state index contributed by atoms with van der Waals surface area (Å²) in [7, 11) is 0. The molecule has 8 nitrogen and oxygen atoms in total. The average Bonchev–Trinajstić information content (AvgIpc) is 3.00. The Labute approximate surface area is 141 Å². The molecular formula is C16H24N6O2. The summed E-state index contributed by atoms with van der Waals surface area (Å²) in [6.45, 7) is 8.01. The van der Waals surface area contributed by atoms with Crippen LogP contribution in [0, 0.1) is 5.92 Å². The maximum absolute atomic E-state index is 11.7. The smallest absolute Gasteiger partial charge is 0.407 e. The molecule has 1 aliphatic heterocycles. The SMILES string of the molecule is CC(C)(C)OC(=O)NCC1CCN(c2ncnc3[nH]cnc23)CC1. The van der Waals surface area contributed by atoms with Crippen LogP contribution in [-0.2, 0) is 4.74 Å². The standard InChI is InChI=1S/C16H24N6O2/c1-16(2,3)24-15(23)17-8-11-4-6-22(7-5-11)14-12-13(19-9-18-12)20-10-21-14/h9-11H,4-8H2,1-3H3,(H,17,23)(H,18,19,20,21). The second-order valence-corrected chi connectivity index (χ2v) is 7.11. The highest BCUT2D eigenvalue weighted by atomic mass is 16.6. The van der Waals surface area contributed by atoms with Crippen LogP contribution in [-0.4, -0.2) is 51.3 Å². The van der Waals surface area contributed by atoms with Gasteiger partial charge in [0, 0.05) is 19.6 Å². The molecule has 0 atom stereocenters. The number of nitrogens with zero attached hydrogens (tertiary/aromatic N) is 4. The zero-order chi connectivity index (χ0) is 17.2. The van der Waals surface area contributed by atoms with Gasteiger partial charge in [0.15, 0.2) is 11.5 Å². The number of amides is 1. The highest BCUT2D eigenvalue weighted by molar-refractivity contribution is 5.82. The number of rotatable bonds is 3. The first-order valence-electron chi connectivity index (χ1n) is 8.28. The molecule has 2 aromatic rings. The van der Waals surface area contributed by atoms with E-state index in [-0.39, 0.29) is 6.09 Å². The molecule has 3 rings (SSSR count). The molecule has 1 aliphatic rings. The third kappa shape index (κ3) is 3.93. The molecule has 0 aromatic carbocycles. The number of carbonyl (C=O) groups is 1. The fraction of sp³-hybridized carbons (Fsp3) is 0.625. The number of aromatic nitrogens is 4. The molecule has 2 aromatic heterocycles. The van der Waals surface area contributed by atoms with Crippen molar-refractivity contribution >= 4 is 23.1 Å². The van der Waals surface area contributed by atoms with E-state index in [4.69, 9.17) is 4.74 Å². The summed E-state index contributed by atoms with van der Waals surface area (Å²) in [5.41, 5.74) is 1.10. The molecule has 8 heteroatoms. The van der Waals surface area contributed by atoms with E-state index in [0.29, 0.717) is 12.5 Å². The summed E-state index contributed by atoms with van der Waals surface area (Å²) in [4.78, 5) is 29.8. The quantitative estimate of drug-likeness (QED) is 0.893. The number of carbonyl (C=O) groups excluding carboxylic acids is 1. The van der Waals surface area contributed by atoms with E-state index in [1.54, 1.807) is 12.7 Å². The predicted molar refractivity (Wildman–Crippen MR) is 90.9 cm³/mol. The Morgan fingerprint density at radius 3 is 2.79 bits per heavy atom. The number of hydrogen-bond acceptors (Lipinski definition) is 6. The number of fused-ring (bicyclic) bond motifs is 1. The van der Waals surface area contributed by atoms with Crippen molar-refractivity contribution in [3.05, 3.63) is 12.7 Å². The molecule has 1 amide bonds. The summed E-state index contributed by atoms with van der Waals surface area (Å²) < 4.78 is 5.27. The molecule has 24 heavy (non-hydrogen) atoms. The molecule has 0 aliphatic carbocycles. The molecule has 1 saturated heterocycles. The minimum Gasteiger partial charge on any atom is -0.444 e. The lowest BCUT2D eigenvalue weighted by atomic mass is 9.97. The number of anilines is 1. The van der Waals surface area contributed by atoms with Gasteiger partial charge in [0.25, 0.3) is 0 Å². The molecule has 0 bridgehead atoms. The maximum Gasteiger partial charge on any atom is 0.407 e. The van der Waals surface area contributed by atoms with Gasteiger partial charge in [-0.1, -0.05) is 0 Å². The van der Waals surface area contributed by atoms with E-state index in [9.17, 15) is 4.79 Å². The van der Waals surface area contributed by atoms with Gasteiger partial charge in [-0.2, -0.15) is 0 Å². The van der Waals surface area contributed by atoms with E-state index in [0.717, 1.165) is 42.9 Å². The maximum atomic E-state index is 11.7. The molecule has 0 unspecified atom stereocenters. The van der Waals surface area contributed by atoms with E-state index in [1.165, 1.54) is 0 Å². The fourth-order valence-electron chi connectivity index (χ4n) is 2.87. The zero-order valence-corrected chi connectivity index (χ0v) is 14.4. The molecule has 3 heterocycles. The molecule has 0 saturated carbocycles. The monoisotopic (exact) mass is 332 g/mol. The van der Waals surface area contributed by atoms with Crippen LogP contribution in [0.1, 0.15) is 33.6 Å². The first kappa shape index (κ1) is 16.5. The fourth-order valence-corrected chi connectivity index (χ4v) is 2.87. The van der Waals surface area contributed by atoms with Crippen molar-refractivity contribution in [1.82, 2.24) is 25.3 Å². The highest BCUT2D eigenvalue weighted by Gasteiger charge is 2.23. The van der Waals surface area contributed by atoms with E-state index in [2.05, 4.69) is 30.2 Å². The Morgan fingerprint density at radius 1 is 1.33 bits per heavy atom.